The Morgan fingerprint density at radius 3 is 2.77 bits per heavy atom. The summed E-state index contributed by atoms with van der Waals surface area (Å²) in [6, 6.07) is 13.4. The molecular weight excluding hydrogens is 330 g/mol. The van der Waals surface area contributed by atoms with Crippen molar-refractivity contribution >= 4 is 5.91 Å². The normalized spacial score (nSPS) is 16.3. The number of carbonyl (C=O) groups is 1. The Morgan fingerprint density at radius 1 is 1.19 bits per heavy atom. The van der Waals surface area contributed by atoms with Gasteiger partial charge in [-0.05, 0) is 24.6 Å². The molecule has 0 aliphatic carbocycles. The van der Waals surface area contributed by atoms with E-state index in [2.05, 4.69) is 31.9 Å². The molecule has 7 nitrogen and oxygen atoms in total. The minimum absolute atomic E-state index is 0.0409. The zero-order valence-electron chi connectivity index (χ0n) is 14.4. The van der Waals surface area contributed by atoms with Gasteiger partial charge >= 0.3 is 0 Å². The summed E-state index contributed by atoms with van der Waals surface area (Å²) < 4.78 is 2.10. The van der Waals surface area contributed by atoms with E-state index in [9.17, 15) is 9.59 Å². The molecule has 0 radical (unpaired) electrons. The lowest BCUT2D eigenvalue weighted by atomic mass is 10.1. The van der Waals surface area contributed by atoms with E-state index in [0.29, 0.717) is 19.5 Å². The summed E-state index contributed by atoms with van der Waals surface area (Å²) in [5.41, 5.74) is 0.948. The Morgan fingerprint density at radius 2 is 2.00 bits per heavy atom. The largest absolute Gasteiger partial charge is 0.329 e. The van der Waals surface area contributed by atoms with Crippen LogP contribution in [0.4, 0.5) is 0 Å². The summed E-state index contributed by atoms with van der Waals surface area (Å²) in [4.78, 5) is 28.8. The lowest BCUT2D eigenvalue weighted by molar-refractivity contribution is 0.0678. The summed E-state index contributed by atoms with van der Waals surface area (Å²) in [5, 5.41) is 8.62. The minimum atomic E-state index is -0.373. The maximum absolute atomic E-state index is 12.7. The van der Waals surface area contributed by atoms with Crippen molar-refractivity contribution in [1.29, 1.82) is 0 Å². The van der Waals surface area contributed by atoms with Crippen molar-refractivity contribution in [2.45, 2.75) is 25.9 Å². The molecule has 1 aliphatic heterocycles. The number of pyridine rings is 1. The van der Waals surface area contributed by atoms with Crippen molar-refractivity contribution in [2.75, 3.05) is 6.54 Å². The second-order valence-electron chi connectivity index (χ2n) is 6.51. The highest BCUT2D eigenvalue weighted by Crippen LogP contribution is 2.23. The minimum Gasteiger partial charge on any atom is -0.329 e. The molecule has 0 saturated carbocycles. The van der Waals surface area contributed by atoms with Crippen LogP contribution in [0.2, 0.25) is 0 Å². The Hall–Kier alpha value is -3.22. The molecule has 1 amide bonds. The lowest BCUT2D eigenvalue weighted by Crippen LogP contribution is -2.42. The summed E-state index contributed by atoms with van der Waals surface area (Å²) in [6.07, 6.45) is 2.22. The molecular formula is C19H19N5O2. The van der Waals surface area contributed by atoms with E-state index in [1.54, 1.807) is 17.0 Å². The first-order chi connectivity index (χ1) is 12.6. The predicted octanol–water partition coefficient (Wildman–Crippen LogP) is 1.77. The number of aromatic nitrogens is 4. The van der Waals surface area contributed by atoms with E-state index >= 15 is 0 Å². The fourth-order valence-corrected chi connectivity index (χ4v) is 3.43. The second-order valence-corrected chi connectivity index (χ2v) is 6.51. The van der Waals surface area contributed by atoms with E-state index in [0.717, 1.165) is 11.6 Å². The smallest absolute Gasteiger partial charge is 0.260 e. The molecule has 132 valence electrons. The Labute approximate surface area is 150 Å². The second kappa shape index (κ2) is 6.59. The Kier molecular flexibility index (Phi) is 4.12. The van der Waals surface area contributed by atoms with Crippen LogP contribution >= 0.6 is 0 Å². The lowest BCUT2D eigenvalue weighted by Gasteiger charge is -2.32. The fraction of sp³-hybridized carbons (Fsp3) is 0.263. The van der Waals surface area contributed by atoms with Crippen LogP contribution in [0.1, 0.15) is 40.5 Å². The maximum atomic E-state index is 12.7. The van der Waals surface area contributed by atoms with E-state index in [1.165, 1.54) is 11.8 Å². The van der Waals surface area contributed by atoms with Crippen molar-refractivity contribution < 1.29 is 4.79 Å². The van der Waals surface area contributed by atoms with Gasteiger partial charge in [-0.1, -0.05) is 30.3 Å². The molecule has 1 atom stereocenters. The summed E-state index contributed by atoms with van der Waals surface area (Å²) in [6.45, 7) is 2.90. The van der Waals surface area contributed by atoms with Gasteiger partial charge in [0.05, 0.1) is 12.6 Å². The van der Waals surface area contributed by atoms with Gasteiger partial charge in [0, 0.05) is 19.2 Å². The SMILES string of the molecule is C[C@H]1CN(C(=O)c2ccc[nH]c2=O)Cc2nnc(Cc3ccccc3)n21. The number of amides is 1. The van der Waals surface area contributed by atoms with Crippen molar-refractivity contribution in [3.05, 3.63) is 81.8 Å². The van der Waals surface area contributed by atoms with Gasteiger partial charge in [-0.25, -0.2) is 0 Å². The fourth-order valence-electron chi connectivity index (χ4n) is 3.43. The van der Waals surface area contributed by atoms with Crippen molar-refractivity contribution in [2.24, 2.45) is 0 Å². The standard InChI is InChI=1S/C19H19N5O2/c1-13-11-23(19(26)15-8-5-9-20-18(15)25)12-17-22-21-16(24(13)17)10-14-6-3-2-4-7-14/h2-9,13H,10-12H2,1H3,(H,20,25)/t13-/m0/s1. The van der Waals surface area contributed by atoms with Gasteiger partial charge < -0.3 is 14.5 Å². The van der Waals surface area contributed by atoms with Crippen LogP contribution in [0, 0.1) is 0 Å². The van der Waals surface area contributed by atoms with Crippen molar-refractivity contribution in [3.8, 4) is 0 Å². The highest BCUT2D eigenvalue weighted by Gasteiger charge is 2.30. The summed E-state index contributed by atoms with van der Waals surface area (Å²) in [5.74, 6) is 1.36. The number of hydrogen-bond donors (Lipinski definition) is 1. The molecule has 2 aromatic heterocycles. The van der Waals surface area contributed by atoms with Crippen LogP contribution in [-0.2, 0) is 13.0 Å². The molecule has 26 heavy (non-hydrogen) atoms. The first-order valence-electron chi connectivity index (χ1n) is 8.57. The predicted molar refractivity (Wildman–Crippen MR) is 95.8 cm³/mol. The maximum Gasteiger partial charge on any atom is 0.260 e. The van der Waals surface area contributed by atoms with Gasteiger partial charge in [-0.15, -0.1) is 10.2 Å². The number of benzene rings is 1. The van der Waals surface area contributed by atoms with Crippen LogP contribution in [0.3, 0.4) is 0 Å². The number of hydrogen-bond acceptors (Lipinski definition) is 4. The number of H-pyrrole nitrogens is 1. The number of aromatic amines is 1. The zero-order chi connectivity index (χ0) is 18.1. The molecule has 0 spiro atoms. The third kappa shape index (κ3) is 2.92. The van der Waals surface area contributed by atoms with Gasteiger partial charge in [0.15, 0.2) is 5.82 Å². The molecule has 4 rings (SSSR count). The van der Waals surface area contributed by atoms with Gasteiger partial charge in [0.2, 0.25) is 0 Å². The average Bonchev–Trinajstić information content (AvgIpc) is 3.06. The molecule has 3 heterocycles. The summed E-state index contributed by atoms with van der Waals surface area (Å²) >= 11 is 0. The Bertz CT molecular complexity index is 992. The number of carbonyl (C=O) groups excluding carboxylic acids is 1. The molecule has 7 heteroatoms. The van der Waals surface area contributed by atoms with Crippen LogP contribution in [0.25, 0.3) is 0 Å². The van der Waals surface area contributed by atoms with Crippen LogP contribution in [0.5, 0.6) is 0 Å². The van der Waals surface area contributed by atoms with Crippen molar-refractivity contribution in [1.82, 2.24) is 24.6 Å². The van der Waals surface area contributed by atoms with Gasteiger partial charge in [-0.3, -0.25) is 9.59 Å². The monoisotopic (exact) mass is 349 g/mol. The third-order valence-electron chi connectivity index (χ3n) is 4.64. The molecule has 3 aromatic rings. The van der Waals surface area contributed by atoms with Gasteiger partial charge in [0.25, 0.3) is 11.5 Å². The van der Waals surface area contributed by atoms with Crippen LogP contribution in [-0.4, -0.2) is 37.1 Å². The topological polar surface area (TPSA) is 83.9 Å². The van der Waals surface area contributed by atoms with Gasteiger partial charge in [0.1, 0.15) is 11.4 Å². The average molecular weight is 349 g/mol. The van der Waals surface area contributed by atoms with E-state index < -0.39 is 0 Å². The molecule has 0 saturated heterocycles. The number of fused-ring (bicyclic) bond motifs is 1. The zero-order valence-corrected chi connectivity index (χ0v) is 14.4. The highest BCUT2D eigenvalue weighted by molar-refractivity contribution is 5.93. The highest BCUT2D eigenvalue weighted by atomic mass is 16.2. The molecule has 0 fully saturated rings. The molecule has 1 N–H and O–H groups in total. The number of rotatable bonds is 3. The number of nitrogens with one attached hydrogen (secondary N) is 1. The molecule has 1 aromatic carbocycles. The molecule has 0 bridgehead atoms. The summed E-state index contributed by atoms with van der Waals surface area (Å²) in [7, 11) is 0. The van der Waals surface area contributed by atoms with E-state index in [-0.39, 0.29) is 23.1 Å². The number of nitrogens with zero attached hydrogens (tertiary/aromatic N) is 4. The molecule has 1 aliphatic rings. The van der Waals surface area contributed by atoms with Gasteiger partial charge in [-0.2, -0.15) is 0 Å². The molecule has 0 unspecified atom stereocenters. The van der Waals surface area contributed by atoms with Crippen LogP contribution < -0.4 is 5.56 Å². The Balaban J connectivity index is 1.59. The quantitative estimate of drug-likeness (QED) is 0.781. The third-order valence-corrected chi connectivity index (χ3v) is 4.64. The first-order valence-corrected chi connectivity index (χ1v) is 8.57. The van der Waals surface area contributed by atoms with E-state index in [1.807, 2.05) is 25.1 Å². The van der Waals surface area contributed by atoms with Crippen molar-refractivity contribution in [3.63, 3.8) is 0 Å². The van der Waals surface area contributed by atoms with E-state index in [4.69, 9.17) is 0 Å². The first kappa shape index (κ1) is 16.3. The van der Waals surface area contributed by atoms with Crippen LogP contribution in [0.15, 0.2) is 53.5 Å².